The molecule has 5 nitrogen and oxygen atoms in total. The number of hydrogen-bond donors (Lipinski definition) is 2. The number of rotatable bonds is 9. The molecule has 2 N–H and O–H groups in total. The van der Waals surface area contributed by atoms with Crippen molar-refractivity contribution in [3.05, 3.63) is 15.8 Å². The molecule has 0 saturated heterocycles. The minimum absolute atomic E-state index is 0.148. The molecule has 0 saturated carbocycles. The average molecular weight is 320 g/mol. The summed E-state index contributed by atoms with van der Waals surface area (Å²) in [7, 11) is -1.82. The van der Waals surface area contributed by atoms with Crippen molar-refractivity contribution in [2.45, 2.75) is 32.2 Å². The van der Waals surface area contributed by atoms with E-state index in [4.69, 9.17) is 4.74 Å². The van der Waals surface area contributed by atoms with Gasteiger partial charge < -0.3 is 10.1 Å². The zero-order chi connectivity index (χ0) is 15.2. The largest absolute Gasteiger partial charge is 0.384 e. The van der Waals surface area contributed by atoms with Crippen molar-refractivity contribution < 1.29 is 13.2 Å². The van der Waals surface area contributed by atoms with Crippen LogP contribution >= 0.6 is 11.3 Å². The predicted molar refractivity (Wildman–Crippen MR) is 82.7 cm³/mol. The molecule has 116 valence electrons. The van der Waals surface area contributed by atoms with Crippen molar-refractivity contribution in [1.82, 2.24) is 10.0 Å². The SMILES string of the molecule is CCNCc1cc(S(=O)(=O)NCC(C)COC)c(C)s1. The van der Waals surface area contributed by atoms with Gasteiger partial charge in [-0.1, -0.05) is 13.8 Å². The maximum absolute atomic E-state index is 12.3. The summed E-state index contributed by atoms with van der Waals surface area (Å²) in [6.07, 6.45) is 0. The van der Waals surface area contributed by atoms with E-state index in [2.05, 4.69) is 10.0 Å². The van der Waals surface area contributed by atoms with Crippen LogP contribution in [0.15, 0.2) is 11.0 Å². The van der Waals surface area contributed by atoms with Crippen LogP contribution in [0.3, 0.4) is 0 Å². The van der Waals surface area contributed by atoms with E-state index in [1.165, 1.54) is 11.3 Å². The van der Waals surface area contributed by atoms with Crippen molar-refractivity contribution in [3.63, 3.8) is 0 Å². The van der Waals surface area contributed by atoms with Crippen LogP contribution < -0.4 is 10.0 Å². The summed E-state index contributed by atoms with van der Waals surface area (Å²) >= 11 is 1.52. The Morgan fingerprint density at radius 3 is 2.75 bits per heavy atom. The molecule has 20 heavy (non-hydrogen) atoms. The smallest absolute Gasteiger partial charge is 0.241 e. The Balaban J connectivity index is 2.74. The molecule has 0 aliphatic carbocycles. The Bertz CT molecular complexity index is 512. The highest BCUT2D eigenvalue weighted by molar-refractivity contribution is 7.89. The first-order valence-electron chi connectivity index (χ1n) is 6.69. The highest BCUT2D eigenvalue weighted by Gasteiger charge is 2.20. The number of aryl methyl sites for hydroxylation is 1. The third-order valence-corrected chi connectivity index (χ3v) is 5.56. The molecule has 0 fully saturated rings. The van der Waals surface area contributed by atoms with Gasteiger partial charge in [0.25, 0.3) is 0 Å². The van der Waals surface area contributed by atoms with Crippen LogP contribution in [-0.2, 0) is 21.3 Å². The summed E-state index contributed by atoms with van der Waals surface area (Å²) in [4.78, 5) is 2.25. The van der Waals surface area contributed by atoms with E-state index in [0.29, 0.717) is 24.6 Å². The van der Waals surface area contributed by atoms with Gasteiger partial charge in [-0.25, -0.2) is 13.1 Å². The normalized spacial score (nSPS) is 13.6. The molecule has 0 aliphatic rings. The van der Waals surface area contributed by atoms with Crippen LogP contribution in [0.2, 0.25) is 0 Å². The van der Waals surface area contributed by atoms with E-state index in [0.717, 1.165) is 16.3 Å². The van der Waals surface area contributed by atoms with E-state index in [9.17, 15) is 8.42 Å². The number of methoxy groups -OCH3 is 1. The van der Waals surface area contributed by atoms with Crippen molar-refractivity contribution in [3.8, 4) is 0 Å². The number of ether oxygens (including phenoxy) is 1. The summed E-state index contributed by atoms with van der Waals surface area (Å²) in [6, 6.07) is 1.76. The van der Waals surface area contributed by atoms with Gasteiger partial charge in [-0.3, -0.25) is 0 Å². The molecule has 1 heterocycles. The molecule has 1 unspecified atom stereocenters. The van der Waals surface area contributed by atoms with Crippen LogP contribution in [-0.4, -0.2) is 35.2 Å². The molecule has 1 atom stereocenters. The summed E-state index contributed by atoms with van der Waals surface area (Å²) in [5.74, 6) is 0.148. The van der Waals surface area contributed by atoms with Crippen LogP contribution in [0.1, 0.15) is 23.6 Å². The number of hydrogen-bond acceptors (Lipinski definition) is 5. The van der Waals surface area contributed by atoms with Crippen LogP contribution in [0.4, 0.5) is 0 Å². The Morgan fingerprint density at radius 1 is 1.45 bits per heavy atom. The fourth-order valence-corrected chi connectivity index (χ4v) is 4.57. The average Bonchev–Trinajstić information content (AvgIpc) is 2.76. The van der Waals surface area contributed by atoms with Gasteiger partial charge in [0.1, 0.15) is 0 Å². The molecule has 0 aliphatic heterocycles. The molecule has 1 rings (SSSR count). The second-order valence-corrected chi connectivity index (χ2v) is 7.90. The highest BCUT2D eigenvalue weighted by Crippen LogP contribution is 2.25. The lowest BCUT2D eigenvalue weighted by atomic mass is 10.2. The molecule has 0 aromatic carbocycles. The summed E-state index contributed by atoms with van der Waals surface area (Å²) in [5.41, 5.74) is 0. The molecule has 1 aromatic heterocycles. The lowest BCUT2D eigenvalue weighted by molar-refractivity contribution is 0.161. The molecule has 7 heteroatoms. The predicted octanol–water partition coefficient (Wildman–Crippen LogP) is 1.73. The second kappa shape index (κ2) is 8.09. The molecule has 0 bridgehead atoms. The topological polar surface area (TPSA) is 67.4 Å². The minimum atomic E-state index is -3.43. The van der Waals surface area contributed by atoms with Gasteiger partial charge in [0.2, 0.25) is 10.0 Å². The first-order valence-corrected chi connectivity index (χ1v) is 8.99. The van der Waals surface area contributed by atoms with E-state index in [-0.39, 0.29) is 5.92 Å². The van der Waals surface area contributed by atoms with Gasteiger partial charge in [-0.15, -0.1) is 11.3 Å². The Kier molecular flexibility index (Phi) is 7.11. The standard InChI is InChI=1S/C13H24N2O3S2/c1-5-14-8-12-6-13(11(3)19-12)20(16,17)15-7-10(2)9-18-4/h6,10,14-15H,5,7-9H2,1-4H3. The van der Waals surface area contributed by atoms with Gasteiger partial charge in [-0.2, -0.15) is 0 Å². The Labute approximate surface area is 125 Å². The zero-order valence-corrected chi connectivity index (χ0v) is 14.2. The van der Waals surface area contributed by atoms with Gasteiger partial charge in [-0.05, 0) is 25.5 Å². The van der Waals surface area contributed by atoms with E-state index in [1.54, 1.807) is 13.2 Å². The van der Waals surface area contributed by atoms with Crippen molar-refractivity contribution in [2.24, 2.45) is 5.92 Å². The second-order valence-electron chi connectivity index (χ2n) is 4.83. The fraction of sp³-hybridized carbons (Fsp3) is 0.692. The number of thiophene rings is 1. The molecule has 0 spiro atoms. The monoisotopic (exact) mass is 320 g/mol. The molecular formula is C13H24N2O3S2. The molecule has 0 radical (unpaired) electrons. The lowest BCUT2D eigenvalue weighted by Gasteiger charge is -2.11. The third-order valence-electron chi connectivity index (χ3n) is 2.84. The number of sulfonamides is 1. The Hall–Kier alpha value is -0.470. The van der Waals surface area contributed by atoms with E-state index < -0.39 is 10.0 Å². The number of nitrogens with one attached hydrogen (secondary N) is 2. The highest BCUT2D eigenvalue weighted by atomic mass is 32.2. The molecule has 1 aromatic rings. The summed E-state index contributed by atoms with van der Waals surface area (Å²) < 4.78 is 32.2. The quantitative estimate of drug-likeness (QED) is 0.727. The van der Waals surface area contributed by atoms with E-state index in [1.807, 2.05) is 20.8 Å². The molecule has 0 amide bonds. The molecular weight excluding hydrogens is 296 g/mol. The van der Waals surface area contributed by atoms with Crippen LogP contribution in [0, 0.1) is 12.8 Å². The summed E-state index contributed by atoms with van der Waals surface area (Å²) in [6.45, 7) is 8.31. The van der Waals surface area contributed by atoms with Gasteiger partial charge in [0.15, 0.2) is 0 Å². The lowest BCUT2D eigenvalue weighted by Crippen LogP contribution is -2.30. The van der Waals surface area contributed by atoms with Crippen molar-refractivity contribution in [2.75, 3.05) is 26.8 Å². The first-order chi connectivity index (χ1) is 9.40. The minimum Gasteiger partial charge on any atom is -0.384 e. The van der Waals surface area contributed by atoms with Gasteiger partial charge >= 0.3 is 0 Å². The van der Waals surface area contributed by atoms with Crippen molar-refractivity contribution in [1.29, 1.82) is 0 Å². The van der Waals surface area contributed by atoms with Gasteiger partial charge in [0, 0.05) is 36.6 Å². The van der Waals surface area contributed by atoms with Gasteiger partial charge in [0.05, 0.1) is 4.90 Å². The summed E-state index contributed by atoms with van der Waals surface area (Å²) in [5, 5.41) is 3.20. The van der Waals surface area contributed by atoms with Crippen LogP contribution in [0.5, 0.6) is 0 Å². The Morgan fingerprint density at radius 2 is 2.15 bits per heavy atom. The maximum atomic E-state index is 12.3. The van der Waals surface area contributed by atoms with Crippen molar-refractivity contribution >= 4 is 21.4 Å². The maximum Gasteiger partial charge on any atom is 0.241 e. The zero-order valence-electron chi connectivity index (χ0n) is 12.5. The fourth-order valence-electron chi connectivity index (χ4n) is 1.80. The third kappa shape index (κ3) is 5.14. The first kappa shape index (κ1) is 17.6. The van der Waals surface area contributed by atoms with E-state index >= 15 is 0 Å². The van der Waals surface area contributed by atoms with Crippen LogP contribution in [0.25, 0.3) is 0 Å².